The highest BCUT2D eigenvalue weighted by atomic mass is 16.6. The van der Waals surface area contributed by atoms with E-state index in [1.54, 1.807) is 43.5 Å². The summed E-state index contributed by atoms with van der Waals surface area (Å²) in [6, 6.07) is 20.2. The summed E-state index contributed by atoms with van der Waals surface area (Å²) >= 11 is 0. The molecule has 0 spiro atoms. The molecular weight excluding hydrogens is 386 g/mol. The van der Waals surface area contributed by atoms with E-state index in [0.29, 0.717) is 23.5 Å². The first-order chi connectivity index (χ1) is 14.5. The van der Waals surface area contributed by atoms with Gasteiger partial charge in [-0.3, -0.25) is 14.9 Å². The van der Waals surface area contributed by atoms with Crippen LogP contribution in [-0.4, -0.2) is 24.2 Å². The lowest BCUT2D eigenvalue weighted by atomic mass is 10.2. The lowest BCUT2D eigenvalue weighted by Crippen LogP contribution is -2.17. The fraction of sp³-hybridized carbons (Fsp3) is 0.0909. The molecule has 8 heteroatoms. The fourth-order valence-corrected chi connectivity index (χ4v) is 2.58. The molecule has 0 aliphatic heterocycles. The molecule has 3 rings (SSSR count). The lowest BCUT2D eigenvalue weighted by Gasteiger charge is -2.08. The minimum atomic E-state index is -0.492. The van der Waals surface area contributed by atoms with E-state index in [1.807, 2.05) is 24.3 Å². The van der Waals surface area contributed by atoms with Crippen molar-refractivity contribution in [2.75, 3.05) is 7.11 Å². The molecule has 1 amide bonds. The predicted octanol–water partition coefficient (Wildman–Crippen LogP) is 3.95. The molecule has 8 nitrogen and oxygen atoms in total. The minimum Gasteiger partial charge on any atom is -0.497 e. The van der Waals surface area contributed by atoms with Crippen molar-refractivity contribution in [3.8, 4) is 11.5 Å². The number of nitro benzene ring substituents is 1. The largest absolute Gasteiger partial charge is 0.497 e. The zero-order chi connectivity index (χ0) is 21.3. The van der Waals surface area contributed by atoms with Crippen molar-refractivity contribution in [1.29, 1.82) is 0 Å². The average molecular weight is 405 g/mol. The number of hydrazone groups is 1. The third-order valence-corrected chi connectivity index (χ3v) is 4.12. The highest BCUT2D eigenvalue weighted by Crippen LogP contribution is 2.17. The molecule has 0 aliphatic rings. The van der Waals surface area contributed by atoms with Gasteiger partial charge in [0, 0.05) is 23.3 Å². The summed E-state index contributed by atoms with van der Waals surface area (Å²) in [6.07, 6.45) is 1.34. The molecule has 0 unspecified atom stereocenters. The second-order valence-corrected chi connectivity index (χ2v) is 6.22. The summed E-state index contributed by atoms with van der Waals surface area (Å²) in [6.45, 7) is 0.371. The topological polar surface area (TPSA) is 103 Å². The van der Waals surface area contributed by atoms with Crippen LogP contribution < -0.4 is 14.9 Å². The van der Waals surface area contributed by atoms with Gasteiger partial charge in [-0.05, 0) is 42.0 Å². The molecule has 152 valence electrons. The molecular formula is C22H19N3O5. The monoisotopic (exact) mass is 405 g/mol. The molecule has 0 radical (unpaired) electrons. The number of carbonyl (C=O) groups is 1. The zero-order valence-corrected chi connectivity index (χ0v) is 16.1. The predicted molar refractivity (Wildman–Crippen MR) is 112 cm³/mol. The van der Waals surface area contributed by atoms with Gasteiger partial charge < -0.3 is 9.47 Å². The van der Waals surface area contributed by atoms with E-state index in [1.165, 1.54) is 18.3 Å². The van der Waals surface area contributed by atoms with E-state index in [0.717, 1.165) is 11.3 Å². The molecule has 0 heterocycles. The number of nitrogens with one attached hydrogen (secondary N) is 1. The van der Waals surface area contributed by atoms with Crippen LogP contribution in [0.25, 0.3) is 0 Å². The molecule has 0 aromatic heterocycles. The van der Waals surface area contributed by atoms with Crippen molar-refractivity contribution in [3.63, 3.8) is 0 Å². The SMILES string of the molecule is COc1cccc(COc2ccc(C(=O)N/N=C/c3cccc([N+](=O)[O-])c3)cc2)c1. The van der Waals surface area contributed by atoms with Gasteiger partial charge in [0.15, 0.2) is 0 Å². The molecule has 0 saturated heterocycles. The van der Waals surface area contributed by atoms with Crippen molar-refractivity contribution in [3.05, 3.63) is 99.6 Å². The smallest absolute Gasteiger partial charge is 0.271 e. The first-order valence-electron chi connectivity index (χ1n) is 8.99. The number of benzene rings is 3. The molecule has 0 bridgehead atoms. The molecule has 0 atom stereocenters. The Morgan fingerprint density at radius 2 is 1.83 bits per heavy atom. The van der Waals surface area contributed by atoms with E-state index in [4.69, 9.17) is 9.47 Å². The van der Waals surface area contributed by atoms with E-state index < -0.39 is 10.8 Å². The van der Waals surface area contributed by atoms with E-state index in [-0.39, 0.29) is 5.69 Å². The number of rotatable bonds is 8. The summed E-state index contributed by atoms with van der Waals surface area (Å²) in [4.78, 5) is 22.5. The van der Waals surface area contributed by atoms with E-state index in [2.05, 4.69) is 10.5 Å². The normalized spacial score (nSPS) is 10.6. The first kappa shape index (κ1) is 20.5. The number of carbonyl (C=O) groups excluding carboxylic acids is 1. The van der Waals surface area contributed by atoms with Gasteiger partial charge in [0.1, 0.15) is 18.1 Å². The van der Waals surface area contributed by atoms with Crippen LogP contribution in [0, 0.1) is 10.1 Å². The van der Waals surface area contributed by atoms with Crippen LogP contribution in [0.1, 0.15) is 21.5 Å². The zero-order valence-electron chi connectivity index (χ0n) is 16.1. The van der Waals surface area contributed by atoms with Crippen molar-refractivity contribution < 1.29 is 19.2 Å². The first-order valence-corrected chi connectivity index (χ1v) is 8.99. The molecule has 1 N–H and O–H groups in total. The Bertz CT molecular complexity index is 1060. The maximum absolute atomic E-state index is 12.2. The Hall–Kier alpha value is -4.20. The number of nitro groups is 1. The van der Waals surface area contributed by atoms with Gasteiger partial charge in [0.05, 0.1) is 18.2 Å². The van der Waals surface area contributed by atoms with Crippen LogP contribution in [0.2, 0.25) is 0 Å². The summed E-state index contributed by atoms with van der Waals surface area (Å²) in [5.41, 5.74) is 4.22. The Morgan fingerprint density at radius 1 is 1.07 bits per heavy atom. The third-order valence-electron chi connectivity index (χ3n) is 4.12. The van der Waals surface area contributed by atoms with Crippen molar-refractivity contribution >= 4 is 17.8 Å². The molecule has 30 heavy (non-hydrogen) atoms. The lowest BCUT2D eigenvalue weighted by molar-refractivity contribution is -0.384. The Labute approximate surface area is 172 Å². The van der Waals surface area contributed by atoms with Crippen LogP contribution in [0.15, 0.2) is 77.9 Å². The number of nitrogens with zero attached hydrogens (tertiary/aromatic N) is 2. The number of methoxy groups -OCH3 is 1. The second kappa shape index (κ2) is 9.83. The number of amides is 1. The van der Waals surface area contributed by atoms with Crippen LogP contribution >= 0.6 is 0 Å². The van der Waals surface area contributed by atoms with E-state index in [9.17, 15) is 14.9 Å². The van der Waals surface area contributed by atoms with Crippen LogP contribution in [0.3, 0.4) is 0 Å². The Balaban J connectivity index is 1.54. The molecule has 0 aliphatic carbocycles. The van der Waals surface area contributed by atoms with Gasteiger partial charge >= 0.3 is 0 Å². The van der Waals surface area contributed by atoms with Crippen LogP contribution in [-0.2, 0) is 6.61 Å². The van der Waals surface area contributed by atoms with Gasteiger partial charge in [-0.25, -0.2) is 5.43 Å². The summed E-state index contributed by atoms with van der Waals surface area (Å²) in [7, 11) is 1.61. The van der Waals surface area contributed by atoms with Crippen LogP contribution in [0.5, 0.6) is 11.5 Å². The Kier molecular flexibility index (Phi) is 6.73. The van der Waals surface area contributed by atoms with Crippen molar-refractivity contribution in [2.24, 2.45) is 5.10 Å². The van der Waals surface area contributed by atoms with Crippen molar-refractivity contribution in [1.82, 2.24) is 5.43 Å². The van der Waals surface area contributed by atoms with Gasteiger partial charge in [-0.2, -0.15) is 5.10 Å². The number of hydrogen-bond donors (Lipinski definition) is 1. The maximum Gasteiger partial charge on any atom is 0.271 e. The fourth-order valence-electron chi connectivity index (χ4n) is 2.58. The van der Waals surface area contributed by atoms with Gasteiger partial charge in [0.25, 0.3) is 11.6 Å². The van der Waals surface area contributed by atoms with Gasteiger partial charge in [0.2, 0.25) is 0 Å². The quantitative estimate of drug-likeness (QED) is 0.347. The number of non-ortho nitro benzene ring substituents is 1. The van der Waals surface area contributed by atoms with Crippen LogP contribution in [0.4, 0.5) is 5.69 Å². The molecule has 3 aromatic carbocycles. The molecule has 0 saturated carbocycles. The number of ether oxygens (including phenoxy) is 2. The Morgan fingerprint density at radius 3 is 2.57 bits per heavy atom. The molecule has 3 aromatic rings. The highest BCUT2D eigenvalue weighted by molar-refractivity contribution is 5.95. The van der Waals surface area contributed by atoms with Gasteiger partial charge in [-0.1, -0.05) is 24.3 Å². The average Bonchev–Trinajstić information content (AvgIpc) is 2.78. The maximum atomic E-state index is 12.2. The summed E-state index contributed by atoms with van der Waals surface area (Å²) in [5.74, 6) is 0.972. The number of hydrogen-bond acceptors (Lipinski definition) is 6. The van der Waals surface area contributed by atoms with E-state index >= 15 is 0 Å². The minimum absolute atomic E-state index is 0.0465. The third kappa shape index (κ3) is 5.65. The summed E-state index contributed by atoms with van der Waals surface area (Å²) in [5, 5.41) is 14.6. The molecule has 0 fully saturated rings. The standard InChI is InChI=1S/C22H19N3O5/c1-29-21-7-3-5-17(13-21)15-30-20-10-8-18(9-11-20)22(26)24-23-14-16-4-2-6-19(12-16)25(27)28/h2-14H,15H2,1H3,(H,24,26)/b23-14+. The summed E-state index contributed by atoms with van der Waals surface area (Å²) < 4.78 is 10.9. The van der Waals surface area contributed by atoms with Gasteiger partial charge in [-0.15, -0.1) is 0 Å². The second-order valence-electron chi connectivity index (χ2n) is 6.22. The van der Waals surface area contributed by atoms with Crippen molar-refractivity contribution in [2.45, 2.75) is 6.61 Å². The highest BCUT2D eigenvalue weighted by Gasteiger charge is 2.06.